The van der Waals surface area contributed by atoms with Crippen molar-refractivity contribution in [1.29, 1.82) is 0 Å². The van der Waals surface area contributed by atoms with E-state index in [9.17, 15) is 19.4 Å². The van der Waals surface area contributed by atoms with E-state index in [1.807, 2.05) is 18.2 Å². The molecular formula is C29H38Cl2FN3O3. The Bertz CT molecular complexity index is 1150. The Labute approximate surface area is 234 Å². The smallest absolute Gasteiger partial charge is 0.237 e. The van der Waals surface area contributed by atoms with E-state index in [1.54, 1.807) is 19.2 Å². The highest BCUT2D eigenvalue weighted by Crippen LogP contribution is 2.49. The normalized spacial score (nSPS) is 29.4. The van der Waals surface area contributed by atoms with Crippen LogP contribution in [-0.4, -0.2) is 54.0 Å². The average molecular weight is 567 g/mol. The van der Waals surface area contributed by atoms with Gasteiger partial charge in [-0.15, -0.1) is 0 Å². The molecule has 9 heteroatoms. The van der Waals surface area contributed by atoms with Gasteiger partial charge in [0.05, 0.1) is 23.3 Å². The van der Waals surface area contributed by atoms with Crippen LogP contribution in [0.2, 0.25) is 10.0 Å². The molecule has 208 valence electrons. The minimum atomic E-state index is -0.763. The molecule has 0 spiro atoms. The van der Waals surface area contributed by atoms with E-state index in [0.717, 1.165) is 17.5 Å². The Morgan fingerprint density at radius 2 is 1.79 bits per heavy atom. The maximum atomic E-state index is 14.9. The quantitative estimate of drug-likeness (QED) is 0.323. The van der Waals surface area contributed by atoms with Crippen LogP contribution in [0.4, 0.5) is 10.1 Å². The van der Waals surface area contributed by atoms with E-state index in [1.165, 1.54) is 6.07 Å². The molecule has 6 nitrogen and oxygen atoms in total. The molecular weight excluding hydrogens is 528 g/mol. The van der Waals surface area contributed by atoms with Crippen LogP contribution in [0.3, 0.4) is 0 Å². The minimum Gasteiger partial charge on any atom is -0.390 e. The summed E-state index contributed by atoms with van der Waals surface area (Å²) in [4.78, 5) is 13.8. The highest BCUT2D eigenvalue weighted by atomic mass is 35.5. The monoisotopic (exact) mass is 565 g/mol. The van der Waals surface area contributed by atoms with Crippen molar-refractivity contribution in [1.82, 2.24) is 10.6 Å². The molecule has 1 heterocycles. The van der Waals surface area contributed by atoms with Gasteiger partial charge in [-0.05, 0) is 66.0 Å². The van der Waals surface area contributed by atoms with Crippen molar-refractivity contribution in [3.05, 3.63) is 63.4 Å². The van der Waals surface area contributed by atoms with Crippen LogP contribution in [0.25, 0.3) is 0 Å². The number of hydrogen-bond donors (Lipinski definition) is 5. The summed E-state index contributed by atoms with van der Waals surface area (Å²) in [7, 11) is 1.78. The minimum absolute atomic E-state index is 0.00241. The number of hydrogen-bond acceptors (Lipinski definition) is 5. The second kappa shape index (κ2) is 11.7. The number of benzene rings is 2. The lowest BCUT2D eigenvalue weighted by Crippen LogP contribution is -2.46. The molecule has 38 heavy (non-hydrogen) atoms. The van der Waals surface area contributed by atoms with Crippen molar-refractivity contribution in [2.45, 2.75) is 76.2 Å². The number of anilines is 1. The average Bonchev–Trinajstić information content (AvgIpc) is 3.36. The molecule has 1 amide bonds. The van der Waals surface area contributed by atoms with Crippen molar-refractivity contribution in [3.8, 4) is 0 Å². The van der Waals surface area contributed by atoms with Gasteiger partial charge in [0.25, 0.3) is 0 Å². The summed E-state index contributed by atoms with van der Waals surface area (Å²) in [6.45, 7) is 6.79. The van der Waals surface area contributed by atoms with E-state index in [-0.39, 0.29) is 40.1 Å². The molecule has 1 aliphatic carbocycles. The Morgan fingerprint density at radius 1 is 1.11 bits per heavy atom. The zero-order valence-corrected chi connectivity index (χ0v) is 23.8. The van der Waals surface area contributed by atoms with Gasteiger partial charge in [0.2, 0.25) is 5.91 Å². The van der Waals surface area contributed by atoms with Gasteiger partial charge in [-0.25, -0.2) is 4.39 Å². The molecule has 0 aromatic heterocycles. The zero-order valence-electron chi connectivity index (χ0n) is 22.3. The van der Waals surface area contributed by atoms with E-state index in [4.69, 9.17) is 23.2 Å². The number of aliphatic hydroxyl groups is 2. The second-order valence-corrected chi connectivity index (χ2v) is 12.8. The Balaban J connectivity index is 1.75. The predicted molar refractivity (Wildman–Crippen MR) is 150 cm³/mol. The standard InChI is InChI=1S/C29H38Cl2FN3O3/c1-29(2,3)13-22-26(18-11-20(32)19(31)12-21(18)33-4)25(16-6-5-7-17(30)10-16)27(35-22)28(38)34-14-15-8-23(36)24(37)9-15/h5-7,10-12,15,22-27,33,35-37H,8-9,13-14H2,1-4H3,(H,34,38). The number of amides is 1. The molecule has 1 aliphatic heterocycles. The summed E-state index contributed by atoms with van der Waals surface area (Å²) in [5.41, 5.74) is 2.28. The van der Waals surface area contributed by atoms with Gasteiger partial charge in [0, 0.05) is 42.2 Å². The van der Waals surface area contributed by atoms with Gasteiger partial charge in [0.1, 0.15) is 5.82 Å². The van der Waals surface area contributed by atoms with Crippen LogP contribution in [0.1, 0.15) is 63.0 Å². The molecule has 2 aromatic rings. The molecule has 0 bridgehead atoms. The topological polar surface area (TPSA) is 93.6 Å². The third-order valence-corrected chi connectivity index (χ3v) is 8.33. The van der Waals surface area contributed by atoms with Gasteiger partial charge in [-0.3, -0.25) is 4.79 Å². The number of aliphatic hydroxyl groups excluding tert-OH is 2. The van der Waals surface area contributed by atoms with Crippen molar-refractivity contribution in [3.63, 3.8) is 0 Å². The first-order valence-electron chi connectivity index (χ1n) is 13.2. The van der Waals surface area contributed by atoms with Crippen molar-refractivity contribution in [2.75, 3.05) is 18.9 Å². The molecule has 4 rings (SSSR count). The van der Waals surface area contributed by atoms with Gasteiger partial charge in [-0.2, -0.15) is 0 Å². The van der Waals surface area contributed by atoms with E-state index in [2.05, 4.69) is 36.7 Å². The summed E-state index contributed by atoms with van der Waals surface area (Å²) in [6.07, 6.45) is 0.110. The highest BCUT2D eigenvalue weighted by Gasteiger charge is 2.49. The molecule has 2 fully saturated rings. The number of rotatable bonds is 7. The van der Waals surface area contributed by atoms with Crippen LogP contribution in [0, 0.1) is 17.2 Å². The third-order valence-electron chi connectivity index (χ3n) is 7.80. The molecule has 1 saturated heterocycles. The lowest BCUT2D eigenvalue weighted by molar-refractivity contribution is -0.123. The zero-order chi connectivity index (χ0) is 27.8. The Kier molecular flexibility index (Phi) is 8.95. The molecule has 5 N–H and O–H groups in total. The van der Waals surface area contributed by atoms with Crippen LogP contribution in [0.15, 0.2) is 36.4 Å². The first-order chi connectivity index (χ1) is 17.9. The van der Waals surface area contributed by atoms with Crippen LogP contribution in [0.5, 0.6) is 0 Å². The summed E-state index contributed by atoms with van der Waals surface area (Å²) >= 11 is 12.6. The van der Waals surface area contributed by atoms with Gasteiger partial charge >= 0.3 is 0 Å². The maximum Gasteiger partial charge on any atom is 0.237 e. The number of nitrogens with one attached hydrogen (secondary N) is 3. The Morgan fingerprint density at radius 3 is 2.39 bits per heavy atom. The fraction of sp³-hybridized carbons (Fsp3) is 0.552. The van der Waals surface area contributed by atoms with Gasteiger partial charge < -0.3 is 26.2 Å². The molecule has 2 aliphatic rings. The van der Waals surface area contributed by atoms with Crippen molar-refractivity contribution < 1.29 is 19.4 Å². The van der Waals surface area contributed by atoms with Crippen LogP contribution >= 0.6 is 23.2 Å². The Hall–Kier alpha value is -1.90. The molecule has 6 unspecified atom stereocenters. The molecule has 1 saturated carbocycles. The fourth-order valence-electron chi connectivity index (χ4n) is 6.17. The number of carbonyl (C=O) groups excluding carboxylic acids is 1. The summed E-state index contributed by atoms with van der Waals surface area (Å²) < 4.78 is 14.9. The lowest BCUT2D eigenvalue weighted by Gasteiger charge is -2.31. The maximum absolute atomic E-state index is 14.9. The van der Waals surface area contributed by atoms with E-state index in [0.29, 0.717) is 30.1 Å². The highest BCUT2D eigenvalue weighted by molar-refractivity contribution is 6.31. The van der Waals surface area contributed by atoms with Gasteiger partial charge in [-0.1, -0.05) is 56.1 Å². The van der Waals surface area contributed by atoms with Crippen LogP contribution in [-0.2, 0) is 4.79 Å². The molecule has 6 atom stereocenters. The third kappa shape index (κ3) is 6.45. The molecule has 2 aromatic carbocycles. The van der Waals surface area contributed by atoms with E-state index >= 15 is 0 Å². The first-order valence-corrected chi connectivity index (χ1v) is 14.0. The summed E-state index contributed by atoms with van der Waals surface area (Å²) in [5, 5.41) is 30.3. The SMILES string of the molecule is CNc1cc(Cl)c(F)cc1C1C(CC(C)(C)C)NC(C(=O)NCC2CC(O)C(O)C2)C1c1cccc(Cl)c1. The summed E-state index contributed by atoms with van der Waals surface area (Å²) in [5.74, 6) is -1.28. The van der Waals surface area contributed by atoms with Crippen molar-refractivity contribution >= 4 is 34.8 Å². The fourth-order valence-corrected chi connectivity index (χ4v) is 6.54. The number of halogens is 3. The lowest BCUT2D eigenvalue weighted by atomic mass is 9.73. The first kappa shape index (κ1) is 29.1. The van der Waals surface area contributed by atoms with Crippen molar-refractivity contribution in [2.24, 2.45) is 11.3 Å². The largest absolute Gasteiger partial charge is 0.390 e. The number of carbonyl (C=O) groups is 1. The van der Waals surface area contributed by atoms with Gasteiger partial charge in [0.15, 0.2) is 0 Å². The van der Waals surface area contributed by atoms with Crippen LogP contribution < -0.4 is 16.0 Å². The molecule has 0 radical (unpaired) electrons. The predicted octanol–water partition coefficient (Wildman–Crippen LogP) is 5.07. The second-order valence-electron chi connectivity index (χ2n) is 11.9. The summed E-state index contributed by atoms with van der Waals surface area (Å²) in [6, 6.07) is 9.82. The van der Waals surface area contributed by atoms with E-state index < -0.39 is 24.1 Å².